The van der Waals surface area contributed by atoms with Crippen LogP contribution in [0.25, 0.3) is 0 Å². The molecule has 1 heterocycles. The summed E-state index contributed by atoms with van der Waals surface area (Å²) in [6, 6.07) is 3.32. The Balaban J connectivity index is 1.93. The average molecular weight is 337 g/mol. The van der Waals surface area contributed by atoms with Crippen molar-refractivity contribution < 1.29 is 4.79 Å². The lowest BCUT2D eigenvalue weighted by molar-refractivity contribution is -0.117. The number of carbonyl (C=O) groups is 1. The Hall–Kier alpha value is -0.520. The second kappa shape index (κ2) is 6.96. The van der Waals surface area contributed by atoms with E-state index in [4.69, 9.17) is 40.5 Å². The number of hydrogen-bond donors (Lipinski definition) is 2. The second-order valence-electron chi connectivity index (χ2n) is 4.91. The molecule has 3 N–H and O–H groups in total. The molecule has 1 amide bonds. The lowest BCUT2D eigenvalue weighted by atomic mass is 10.1. The first-order valence-electron chi connectivity index (χ1n) is 6.38. The van der Waals surface area contributed by atoms with Crippen molar-refractivity contribution in [3.8, 4) is 0 Å². The van der Waals surface area contributed by atoms with E-state index in [9.17, 15) is 4.79 Å². The highest BCUT2D eigenvalue weighted by atomic mass is 35.5. The summed E-state index contributed by atoms with van der Waals surface area (Å²) < 4.78 is 0. The first-order valence-corrected chi connectivity index (χ1v) is 7.51. The van der Waals surface area contributed by atoms with Gasteiger partial charge in [-0.05, 0) is 25.0 Å². The smallest absolute Gasteiger partial charge is 0.238 e. The standard InChI is InChI=1S/C13H16Cl3N3O/c14-9-5-11(16)12(6-10(9)15)18-13(20)7-19-3-1-8(17)2-4-19/h5-6,8H,1-4,7,17H2,(H,18,20). The highest BCUT2D eigenvalue weighted by Crippen LogP contribution is 2.32. The summed E-state index contributed by atoms with van der Waals surface area (Å²) in [4.78, 5) is 14.1. The molecule has 2 rings (SSSR count). The monoisotopic (exact) mass is 335 g/mol. The predicted molar refractivity (Wildman–Crippen MR) is 83.8 cm³/mol. The summed E-state index contributed by atoms with van der Waals surface area (Å²) >= 11 is 17.8. The van der Waals surface area contributed by atoms with Crippen molar-refractivity contribution in [3.05, 3.63) is 27.2 Å². The van der Waals surface area contributed by atoms with Gasteiger partial charge in [-0.25, -0.2) is 0 Å². The molecule has 0 unspecified atom stereocenters. The largest absolute Gasteiger partial charge is 0.328 e. The number of halogens is 3. The number of carbonyl (C=O) groups excluding carboxylic acids is 1. The molecule has 0 aliphatic carbocycles. The van der Waals surface area contributed by atoms with Gasteiger partial charge in [0.1, 0.15) is 0 Å². The fourth-order valence-corrected chi connectivity index (χ4v) is 2.72. The third kappa shape index (κ3) is 4.24. The van der Waals surface area contributed by atoms with Crippen molar-refractivity contribution in [1.29, 1.82) is 0 Å². The van der Waals surface area contributed by atoms with Gasteiger partial charge in [-0.3, -0.25) is 9.69 Å². The fourth-order valence-electron chi connectivity index (χ4n) is 2.12. The molecule has 1 aliphatic rings. The Morgan fingerprint density at radius 1 is 1.20 bits per heavy atom. The topological polar surface area (TPSA) is 58.4 Å². The van der Waals surface area contributed by atoms with Gasteiger partial charge in [0, 0.05) is 19.1 Å². The average Bonchev–Trinajstić information content (AvgIpc) is 2.39. The van der Waals surface area contributed by atoms with Gasteiger partial charge in [0.15, 0.2) is 0 Å². The SMILES string of the molecule is NC1CCN(CC(=O)Nc2cc(Cl)c(Cl)cc2Cl)CC1. The fraction of sp³-hybridized carbons (Fsp3) is 0.462. The number of hydrogen-bond acceptors (Lipinski definition) is 3. The van der Waals surface area contributed by atoms with Gasteiger partial charge >= 0.3 is 0 Å². The van der Waals surface area contributed by atoms with E-state index in [1.807, 2.05) is 0 Å². The molecule has 7 heteroatoms. The quantitative estimate of drug-likeness (QED) is 0.834. The van der Waals surface area contributed by atoms with E-state index in [1.165, 1.54) is 6.07 Å². The first-order chi connectivity index (χ1) is 9.45. The van der Waals surface area contributed by atoms with E-state index in [-0.39, 0.29) is 11.9 Å². The van der Waals surface area contributed by atoms with E-state index < -0.39 is 0 Å². The summed E-state index contributed by atoms with van der Waals surface area (Å²) in [7, 11) is 0. The lowest BCUT2D eigenvalue weighted by Gasteiger charge is -2.29. The maximum Gasteiger partial charge on any atom is 0.238 e. The van der Waals surface area contributed by atoms with Crippen LogP contribution in [0.15, 0.2) is 12.1 Å². The molecule has 0 saturated carbocycles. The summed E-state index contributed by atoms with van der Waals surface area (Å²) in [5.74, 6) is -0.124. The van der Waals surface area contributed by atoms with Crippen LogP contribution in [-0.2, 0) is 4.79 Å². The molecular weight excluding hydrogens is 321 g/mol. The highest BCUT2D eigenvalue weighted by Gasteiger charge is 2.18. The number of nitrogens with one attached hydrogen (secondary N) is 1. The Kier molecular flexibility index (Phi) is 5.52. The summed E-state index contributed by atoms with van der Waals surface area (Å²) in [6.07, 6.45) is 1.83. The number of piperidine rings is 1. The number of benzene rings is 1. The number of anilines is 1. The summed E-state index contributed by atoms with van der Waals surface area (Å²) in [6.45, 7) is 2.00. The van der Waals surface area contributed by atoms with Crippen LogP contribution in [0.5, 0.6) is 0 Å². The zero-order valence-corrected chi connectivity index (χ0v) is 13.1. The number of nitrogens with two attached hydrogens (primary N) is 1. The van der Waals surface area contributed by atoms with Gasteiger partial charge in [0.05, 0.1) is 27.3 Å². The van der Waals surface area contributed by atoms with Gasteiger partial charge in [-0.2, -0.15) is 0 Å². The molecule has 4 nitrogen and oxygen atoms in total. The predicted octanol–water partition coefficient (Wildman–Crippen LogP) is 3.01. The van der Waals surface area contributed by atoms with Crippen molar-refractivity contribution >= 4 is 46.4 Å². The molecule has 0 bridgehead atoms. The Bertz CT molecular complexity index is 502. The van der Waals surface area contributed by atoms with Crippen LogP contribution in [0.1, 0.15) is 12.8 Å². The van der Waals surface area contributed by atoms with Crippen molar-refractivity contribution in [1.82, 2.24) is 4.90 Å². The zero-order chi connectivity index (χ0) is 14.7. The van der Waals surface area contributed by atoms with Crippen LogP contribution in [0.4, 0.5) is 5.69 Å². The van der Waals surface area contributed by atoms with Crippen LogP contribution >= 0.6 is 34.8 Å². The van der Waals surface area contributed by atoms with E-state index >= 15 is 0 Å². The van der Waals surface area contributed by atoms with Crippen LogP contribution in [0, 0.1) is 0 Å². The lowest BCUT2D eigenvalue weighted by Crippen LogP contribution is -2.43. The van der Waals surface area contributed by atoms with Crippen molar-refractivity contribution in [2.45, 2.75) is 18.9 Å². The summed E-state index contributed by atoms with van der Waals surface area (Å²) in [5, 5.41) is 3.84. The van der Waals surface area contributed by atoms with Crippen LogP contribution in [0.2, 0.25) is 15.1 Å². The number of nitrogens with zero attached hydrogens (tertiary/aromatic N) is 1. The molecule has 0 atom stereocenters. The van der Waals surface area contributed by atoms with E-state index in [1.54, 1.807) is 6.07 Å². The molecule has 20 heavy (non-hydrogen) atoms. The molecule has 1 fully saturated rings. The molecule has 0 spiro atoms. The maximum atomic E-state index is 12.0. The number of likely N-dealkylation sites (tertiary alicyclic amines) is 1. The molecule has 1 saturated heterocycles. The molecule has 110 valence electrons. The minimum absolute atomic E-state index is 0.124. The molecule has 1 aliphatic heterocycles. The summed E-state index contributed by atoms with van der Waals surface area (Å²) in [5.41, 5.74) is 6.30. The first kappa shape index (κ1) is 15.9. The van der Waals surface area contributed by atoms with Gasteiger partial charge in [0.25, 0.3) is 0 Å². The normalized spacial score (nSPS) is 17.2. The van der Waals surface area contributed by atoms with Crippen molar-refractivity contribution in [3.63, 3.8) is 0 Å². The minimum atomic E-state index is -0.124. The van der Waals surface area contributed by atoms with Gasteiger partial charge in [-0.1, -0.05) is 34.8 Å². The highest BCUT2D eigenvalue weighted by molar-refractivity contribution is 6.44. The molecular formula is C13H16Cl3N3O. The third-order valence-electron chi connectivity index (χ3n) is 3.28. The Morgan fingerprint density at radius 3 is 2.45 bits per heavy atom. The molecule has 0 radical (unpaired) electrons. The molecule has 0 aromatic heterocycles. The minimum Gasteiger partial charge on any atom is -0.328 e. The van der Waals surface area contributed by atoms with E-state index in [0.29, 0.717) is 27.3 Å². The van der Waals surface area contributed by atoms with Crippen LogP contribution in [-0.4, -0.2) is 36.5 Å². The van der Waals surface area contributed by atoms with Crippen molar-refractivity contribution in [2.75, 3.05) is 25.0 Å². The zero-order valence-electron chi connectivity index (χ0n) is 10.8. The van der Waals surface area contributed by atoms with Crippen molar-refractivity contribution in [2.24, 2.45) is 5.73 Å². The van der Waals surface area contributed by atoms with Gasteiger partial charge in [-0.15, -0.1) is 0 Å². The number of amides is 1. The van der Waals surface area contributed by atoms with Gasteiger partial charge in [0.2, 0.25) is 5.91 Å². The Labute approximate surface area is 133 Å². The van der Waals surface area contributed by atoms with E-state index in [2.05, 4.69) is 10.2 Å². The number of rotatable bonds is 3. The van der Waals surface area contributed by atoms with E-state index in [0.717, 1.165) is 25.9 Å². The third-order valence-corrected chi connectivity index (χ3v) is 4.32. The van der Waals surface area contributed by atoms with Crippen LogP contribution in [0.3, 0.4) is 0 Å². The molecule has 1 aromatic carbocycles. The van der Waals surface area contributed by atoms with Gasteiger partial charge < -0.3 is 11.1 Å². The van der Waals surface area contributed by atoms with Crippen LogP contribution < -0.4 is 11.1 Å². The maximum absolute atomic E-state index is 12.0. The second-order valence-corrected chi connectivity index (χ2v) is 6.13. The Morgan fingerprint density at radius 2 is 1.80 bits per heavy atom. The molecule has 1 aromatic rings.